The Balaban J connectivity index is 1.61. The van der Waals surface area contributed by atoms with Crippen LogP contribution in [0.25, 0.3) is 0 Å². The SMILES string of the molecule is CC1(C)OC[C@H](CCCCc2ccccn2)O1. The van der Waals surface area contributed by atoms with Crippen LogP contribution >= 0.6 is 0 Å². The van der Waals surface area contributed by atoms with Gasteiger partial charge in [0.25, 0.3) is 0 Å². The molecule has 1 aromatic heterocycles. The van der Waals surface area contributed by atoms with Crippen molar-refractivity contribution in [2.45, 2.75) is 51.4 Å². The quantitative estimate of drug-likeness (QED) is 0.735. The molecule has 1 saturated heterocycles. The molecule has 94 valence electrons. The number of hydrogen-bond acceptors (Lipinski definition) is 3. The van der Waals surface area contributed by atoms with E-state index in [1.807, 2.05) is 32.2 Å². The lowest BCUT2D eigenvalue weighted by Gasteiger charge is -2.16. The molecule has 3 nitrogen and oxygen atoms in total. The second-order valence-electron chi connectivity index (χ2n) is 5.02. The third kappa shape index (κ3) is 4.10. The Kier molecular flexibility index (Phi) is 4.13. The first kappa shape index (κ1) is 12.5. The first-order valence-electron chi connectivity index (χ1n) is 6.37. The van der Waals surface area contributed by atoms with Crippen LogP contribution in [0.5, 0.6) is 0 Å². The summed E-state index contributed by atoms with van der Waals surface area (Å²) in [4.78, 5) is 4.32. The van der Waals surface area contributed by atoms with E-state index in [1.54, 1.807) is 0 Å². The number of aromatic nitrogens is 1. The van der Waals surface area contributed by atoms with Crippen molar-refractivity contribution < 1.29 is 9.47 Å². The van der Waals surface area contributed by atoms with Crippen LogP contribution in [0.1, 0.15) is 38.8 Å². The standard InChI is InChI=1S/C14H21NO2/c1-14(2)16-11-13(17-14)9-4-3-7-12-8-5-6-10-15-12/h5-6,8,10,13H,3-4,7,9,11H2,1-2H3/t13-/m0/s1. The molecule has 1 aromatic rings. The van der Waals surface area contributed by atoms with Crippen LogP contribution in [0.15, 0.2) is 24.4 Å². The second-order valence-corrected chi connectivity index (χ2v) is 5.02. The summed E-state index contributed by atoms with van der Waals surface area (Å²) >= 11 is 0. The molecule has 0 aromatic carbocycles. The zero-order valence-corrected chi connectivity index (χ0v) is 10.7. The van der Waals surface area contributed by atoms with Crippen LogP contribution in [0, 0.1) is 0 Å². The fraction of sp³-hybridized carbons (Fsp3) is 0.643. The largest absolute Gasteiger partial charge is 0.348 e. The van der Waals surface area contributed by atoms with Crippen molar-refractivity contribution in [3.05, 3.63) is 30.1 Å². The van der Waals surface area contributed by atoms with Crippen molar-refractivity contribution in [2.24, 2.45) is 0 Å². The predicted molar refractivity (Wildman–Crippen MR) is 66.7 cm³/mol. The molecule has 1 fully saturated rings. The van der Waals surface area contributed by atoms with Crippen molar-refractivity contribution in [3.63, 3.8) is 0 Å². The van der Waals surface area contributed by atoms with E-state index in [0.29, 0.717) is 0 Å². The van der Waals surface area contributed by atoms with Gasteiger partial charge in [-0.3, -0.25) is 4.98 Å². The fourth-order valence-electron chi connectivity index (χ4n) is 2.13. The van der Waals surface area contributed by atoms with Crippen molar-refractivity contribution in [1.29, 1.82) is 0 Å². The summed E-state index contributed by atoms with van der Waals surface area (Å²) in [5, 5.41) is 0. The van der Waals surface area contributed by atoms with Crippen molar-refractivity contribution in [3.8, 4) is 0 Å². The Labute approximate surface area is 103 Å². The molecular weight excluding hydrogens is 214 g/mol. The van der Waals surface area contributed by atoms with E-state index in [9.17, 15) is 0 Å². The predicted octanol–water partition coefficient (Wildman–Crippen LogP) is 2.95. The number of pyridine rings is 1. The molecule has 1 atom stereocenters. The highest BCUT2D eigenvalue weighted by atomic mass is 16.7. The minimum atomic E-state index is -0.383. The maximum absolute atomic E-state index is 5.76. The zero-order chi connectivity index (χ0) is 12.1. The lowest BCUT2D eigenvalue weighted by Crippen LogP contribution is -2.21. The van der Waals surface area contributed by atoms with Gasteiger partial charge in [0.2, 0.25) is 0 Å². The van der Waals surface area contributed by atoms with Crippen LogP contribution in [0.2, 0.25) is 0 Å². The lowest BCUT2D eigenvalue weighted by atomic mass is 10.1. The van der Waals surface area contributed by atoms with Crippen LogP contribution in [-0.2, 0) is 15.9 Å². The second kappa shape index (κ2) is 5.61. The molecule has 0 N–H and O–H groups in total. The highest BCUT2D eigenvalue weighted by molar-refractivity contribution is 5.03. The average molecular weight is 235 g/mol. The van der Waals surface area contributed by atoms with Gasteiger partial charge in [-0.05, 0) is 45.2 Å². The van der Waals surface area contributed by atoms with Gasteiger partial charge in [-0.15, -0.1) is 0 Å². The summed E-state index contributed by atoms with van der Waals surface area (Å²) in [5.74, 6) is -0.383. The summed E-state index contributed by atoms with van der Waals surface area (Å²) in [5.41, 5.74) is 1.18. The van der Waals surface area contributed by atoms with E-state index in [2.05, 4.69) is 11.1 Å². The molecule has 0 radical (unpaired) electrons. The molecule has 17 heavy (non-hydrogen) atoms. The van der Waals surface area contributed by atoms with E-state index in [-0.39, 0.29) is 11.9 Å². The summed E-state index contributed by atoms with van der Waals surface area (Å²) in [6.07, 6.45) is 6.59. The third-order valence-corrected chi connectivity index (χ3v) is 3.00. The molecule has 0 saturated carbocycles. The van der Waals surface area contributed by atoms with Crippen LogP contribution in [-0.4, -0.2) is 23.5 Å². The summed E-state index contributed by atoms with van der Waals surface area (Å²) in [7, 11) is 0. The number of rotatable bonds is 5. The van der Waals surface area contributed by atoms with Crippen molar-refractivity contribution >= 4 is 0 Å². The number of ether oxygens (including phenoxy) is 2. The van der Waals surface area contributed by atoms with Crippen molar-refractivity contribution in [1.82, 2.24) is 4.98 Å². The van der Waals surface area contributed by atoms with Gasteiger partial charge < -0.3 is 9.47 Å². The average Bonchev–Trinajstić information content (AvgIpc) is 2.66. The number of hydrogen-bond donors (Lipinski definition) is 0. The van der Waals surface area contributed by atoms with E-state index in [0.717, 1.165) is 25.9 Å². The molecule has 2 rings (SSSR count). The monoisotopic (exact) mass is 235 g/mol. The van der Waals surface area contributed by atoms with Crippen molar-refractivity contribution in [2.75, 3.05) is 6.61 Å². The third-order valence-electron chi connectivity index (χ3n) is 3.00. The highest BCUT2D eigenvalue weighted by Crippen LogP contribution is 2.25. The van der Waals surface area contributed by atoms with Gasteiger partial charge in [-0.2, -0.15) is 0 Å². The Hall–Kier alpha value is -0.930. The topological polar surface area (TPSA) is 31.4 Å². The first-order valence-corrected chi connectivity index (χ1v) is 6.37. The summed E-state index contributed by atoms with van der Waals surface area (Å²) in [6.45, 7) is 4.68. The Morgan fingerprint density at radius 1 is 1.35 bits per heavy atom. The first-order chi connectivity index (χ1) is 8.16. The summed E-state index contributed by atoms with van der Waals surface area (Å²) in [6, 6.07) is 6.08. The Morgan fingerprint density at radius 3 is 2.88 bits per heavy atom. The molecule has 2 heterocycles. The number of nitrogens with zero attached hydrogens (tertiary/aromatic N) is 1. The molecular formula is C14H21NO2. The maximum atomic E-state index is 5.76. The Morgan fingerprint density at radius 2 is 2.24 bits per heavy atom. The van der Waals surface area contributed by atoms with Gasteiger partial charge in [0, 0.05) is 11.9 Å². The highest BCUT2D eigenvalue weighted by Gasteiger charge is 2.31. The van der Waals surface area contributed by atoms with Gasteiger partial charge in [0.05, 0.1) is 12.7 Å². The number of aryl methyl sites for hydroxylation is 1. The van der Waals surface area contributed by atoms with Gasteiger partial charge in [-0.1, -0.05) is 12.5 Å². The molecule has 1 aliphatic rings. The maximum Gasteiger partial charge on any atom is 0.163 e. The smallest absolute Gasteiger partial charge is 0.163 e. The van der Waals surface area contributed by atoms with Gasteiger partial charge in [0.1, 0.15) is 0 Å². The van der Waals surface area contributed by atoms with E-state index in [4.69, 9.17) is 9.47 Å². The van der Waals surface area contributed by atoms with E-state index < -0.39 is 0 Å². The zero-order valence-electron chi connectivity index (χ0n) is 10.7. The molecule has 1 aliphatic heterocycles. The van der Waals surface area contributed by atoms with E-state index in [1.165, 1.54) is 12.1 Å². The fourth-order valence-corrected chi connectivity index (χ4v) is 2.13. The molecule has 0 unspecified atom stereocenters. The minimum Gasteiger partial charge on any atom is -0.348 e. The Bertz CT molecular complexity index is 337. The molecule has 0 aliphatic carbocycles. The molecule has 0 spiro atoms. The normalized spacial score (nSPS) is 22.8. The van der Waals surface area contributed by atoms with Gasteiger partial charge in [-0.25, -0.2) is 0 Å². The van der Waals surface area contributed by atoms with Gasteiger partial charge >= 0.3 is 0 Å². The number of unbranched alkanes of at least 4 members (excludes halogenated alkanes) is 1. The summed E-state index contributed by atoms with van der Waals surface area (Å²) < 4.78 is 11.3. The van der Waals surface area contributed by atoms with Crippen LogP contribution in [0.4, 0.5) is 0 Å². The van der Waals surface area contributed by atoms with Gasteiger partial charge in [0.15, 0.2) is 5.79 Å². The molecule has 0 amide bonds. The van der Waals surface area contributed by atoms with E-state index >= 15 is 0 Å². The minimum absolute atomic E-state index is 0.272. The molecule has 0 bridgehead atoms. The lowest BCUT2D eigenvalue weighted by molar-refractivity contribution is -0.139. The van der Waals surface area contributed by atoms with Crippen LogP contribution < -0.4 is 0 Å². The van der Waals surface area contributed by atoms with Crippen LogP contribution in [0.3, 0.4) is 0 Å². The molecule has 3 heteroatoms.